The molecule has 5 aliphatic carbocycles. The van der Waals surface area contributed by atoms with Gasteiger partial charge in [0.15, 0.2) is 0 Å². The van der Waals surface area contributed by atoms with E-state index >= 15 is 0 Å². The molecule has 0 aromatic rings. The molecule has 4 fully saturated rings. The number of hydrogen-bond acceptors (Lipinski definition) is 4. The third kappa shape index (κ3) is 3.21. The molecule has 0 bridgehead atoms. The molecule has 202 valence electrons. The van der Waals surface area contributed by atoms with Gasteiger partial charge in [0, 0.05) is 6.42 Å². The molecule has 0 aromatic carbocycles. The van der Waals surface area contributed by atoms with Crippen molar-refractivity contribution in [3.8, 4) is 0 Å². The number of aliphatic hydroxyl groups is 1. The number of rotatable bonds is 3. The quantitative estimate of drug-likeness (QED) is 0.340. The Hall–Kier alpha value is -1.16. The topological polar surface area (TPSA) is 63.6 Å². The van der Waals surface area contributed by atoms with Crippen LogP contribution in [-0.2, 0) is 14.3 Å². The number of carbonyl (C=O) groups excluding carboxylic acids is 2. The number of aliphatic hydroxyl groups excluding tert-OH is 1. The smallest absolute Gasteiger partial charge is 0.312 e. The highest BCUT2D eigenvalue weighted by Gasteiger charge is 2.69. The van der Waals surface area contributed by atoms with E-state index in [-0.39, 0.29) is 57.3 Å². The van der Waals surface area contributed by atoms with Crippen LogP contribution in [0.5, 0.6) is 0 Å². The summed E-state index contributed by atoms with van der Waals surface area (Å²) in [6, 6.07) is 0. The molecular weight excluding hydrogens is 448 g/mol. The van der Waals surface area contributed by atoms with Gasteiger partial charge in [-0.05, 0) is 104 Å². The number of esters is 1. The van der Waals surface area contributed by atoms with Gasteiger partial charge in [0.1, 0.15) is 5.78 Å². The summed E-state index contributed by atoms with van der Waals surface area (Å²) in [5.74, 6) is 1.29. The Bertz CT molecular complexity index is 981. The molecule has 0 saturated heterocycles. The van der Waals surface area contributed by atoms with Crippen molar-refractivity contribution in [2.24, 2.45) is 50.2 Å². The van der Waals surface area contributed by atoms with E-state index in [1.807, 2.05) is 13.8 Å². The van der Waals surface area contributed by atoms with Gasteiger partial charge in [-0.2, -0.15) is 0 Å². The van der Waals surface area contributed by atoms with Crippen molar-refractivity contribution in [3.05, 3.63) is 11.6 Å². The van der Waals surface area contributed by atoms with E-state index in [1.165, 1.54) is 0 Å². The monoisotopic (exact) mass is 498 g/mol. The van der Waals surface area contributed by atoms with Crippen LogP contribution in [0.15, 0.2) is 11.6 Å². The summed E-state index contributed by atoms with van der Waals surface area (Å²) in [4.78, 5) is 26.6. The molecule has 0 radical (unpaired) electrons. The Morgan fingerprint density at radius 2 is 1.69 bits per heavy atom. The van der Waals surface area contributed by atoms with Crippen LogP contribution in [0.25, 0.3) is 0 Å². The number of Topliss-reactive ketones (excluding diaryl/α,β-unsaturated/α-hetero) is 1. The number of allylic oxidation sites excluding steroid dienone is 2. The summed E-state index contributed by atoms with van der Waals surface area (Å²) < 4.78 is 5.76. The first kappa shape index (κ1) is 26.4. The maximum Gasteiger partial charge on any atom is 0.312 e. The lowest BCUT2D eigenvalue weighted by molar-refractivity contribution is -0.195. The van der Waals surface area contributed by atoms with Gasteiger partial charge in [-0.15, -0.1) is 0 Å². The first-order valence-electron chi connectivity index (χ1n) is 14.8. The van der Waals surface area contributed by atoms with Gasteiger partial charge in [0.25, 0.3) is 0 Å². The molecule has 4 heteroatoms. The van der Waals surface area contributed by atoms with Crippen molar-refractivity contribution in [2.75, 3.05) is 13.2 Å². The highest BCUT2D eigenvalue weighted by Crippen LogP contribution is 2.75. The lowest BCUT2D eigenvalue weighted by atomic mass is 9.33. The molecule has 4 nitrogen and oxygen atoms in total. The van der Waals surface area contributed by atoms with E-state index in [9.17, 15) is 14.7 Å². The summed E-state index contributed by atoms with van der Waals surface area (Å²) in [7, 11) is 0. The van der Waals surface area contributed by atoms with Crippen molar-refractivity contribution in [1.82, 2.24) is 0 Å². The second-order valence-corrected chi connectivity index (χ2v) is 15.1. The van der Waals surface area contributed by atoms with Crippen LogP contribution in [0.2, 0.25) is 0 Å². The van der Waals surface area contributed by atoms with Crippen molar-refractivity contribution in [2.45, 2.75) is 113 Å². The molecule has 5 aliphatic rings. The molecule has 0 aliphatic heterocycles. The second kappa shape index (κ2) is 8.17. The Morgan fingerprint density at radius 3 is 2.36 bits per heavy atom. The predicted octanol–water partition coefficient (Wildman–Crippen LogP) is 6.89. The molecule has 0 amide bonds. The number of hydrogen-bond donors (Lipinski definition) is 1. The Labute approximate surface area is 219 Å². The zero-order chi connectivity index (χ0) is 26.4. The minimum atomic E-state index is -0.613. The van der Waals surface area contributed by atoms with E-state index in [1.54, 1.807) is 5.57 Å². The average Bonchev–Trinajstić information content (AvgIpc) is 2.82. The van der Waals surface area contributed by atoms with E-state index in [0.717, 1.165) is 57.8 Å². The van der Waals surface area contributed by atoms with Crippen molar-refractivity contribution in [3.63, 3.8) is 0 Å². The lowest BCUT2D eigenvalue weighted by Crippen LogP contribution is -2.65. The Morgan fingerprint density at radius 1 is 1.00 bits per heavy atom. The molecule has 5 rings (SSSR count). The van der Waals surface area contributed by atoms with E-state index < -0.39 is 5.41 Å². The fraction of sp³-hybridized carbons (Fsp3) is 0.875. The standard InChI is InChI=1S/C32H50O4/c1-8-36-26(35)32-17-15-27(2,3)19-22(32)21-9-10-24-28(4)13-12-25(34)29(5,20-33)23(28)11-14-31(24,7)30(21,6)16-18-32/h9,22-24,33H,8,10-20H2,1-7H3/t22?,23?,24?,28-,29-,30+,31+,32-/m0/s1. The fourth-order valence-electron chi connectivity index (χ4n) is 10.7. The van der Waals surface area contributed by atoms with Crippen LogP contribution in [0.4, 0.5) is 0 Å². The summed E-state index contributed by atoms with van der Waals surface area (Å²) in [6.45, 7) is 16.6. The third-order valence-electron chi connectivity index (χ3n) is 13.2. The maximum atomic E-state index is 13.6. The van der Waals surface area contributed by atoms with Gasteiger partial charge in [0.2, 0.25) is 0 Å². The third-order valence-corrected chi connectivity index (χ3v) is 13.2. The number of ketones is 1. The molecule has 0 aromatic heterocycles. The highest BCUT2D eigenvalue weighted by atomic mass is 16.5. The first-order valence-corrected chi connectivity index (χ1v) is 14.8. The molecule has 1 N–H and O–H groups in total. The summed E-state index contributed by atoms with van der Waals surface area (Å²) in [5.41, 5.74) is 1.02. The minimum Gasteiger partial charge on any atom is -0.466 e. The normalized spacial score (nSPS) is 49.6. The van der Waals surface area contributed by atoms with Crippen LogP contribution in [-0.4, -0.2) is 30.1 Å². The molecule has 0 spiro atoms. The van der Waals surface area contributed by atoms with Gasteiger partial charge < -0.3 is 9.84 Å². The van der Waals surface area contributed by atoms with Crippen LogP contribution < -0.4 is 0 Å². The Balaban J connectivity index is 1.59. The van der Waals surface area contributed by atoms with Crippen LogP contribution >= 0.6 is 0 Å². The summed E-state index contributed by atoms with van der Waals surface area (Å²) >= 11 is 0. The average molecular weight is 499 g/mol. The number of carbonyl (C=O) groups is 2. The van der Waals surface area contributed by atoms with Crippen LogP contribution in [0.3, 0.4) is 0 Å². The maximum absolute atomic E-state index is 13.6. The molecule has 4 saturated carbocycles. The lowest BCUT2D eigenvalue weighted by Gasteiger charge is -2.70. The van der Waals surface area contributed by atoms with Crippen molar-refractivity contribution in [1.29, 1.82) is 0 Å². The largest absolute Gasteiger partial charge is 0.466 e. The molecular formula is C32H50O4. The zero-order valence-corrected chi connectivity index (χ0v) is 24.0. The van der Waals surface area contributed by atoms with Gasteiger partial charge in [-0.25, -0.2) is 0 Å². The minimum absolute atomic E-state index is 0.0346. The highest BCUT2D eigenvalue weighted by molar-refractivity contribution is 5.86. The number of fused-ring (bicyclic) bond motifs is 7. The molecule has 36 heavy (non-hydrogen) atoms. The Kier molecular flexibility index (Phi) is 6.00. The van der Waals surface area contributed by atoms with Crippen LogP contribution in [0.1, 0.15) is 113 Å². The summed E-state index contributed by atoms with van der Waals surface area (Å²) in [6.07, 6.45) is 12.3. The van der Waals surface area contributed by atoms with Crippen LogP contribution in [0, 0.1) is 50.2 Å². The molecule has 8 atom stereocenters. The van der Waals surface area contributed by atoms with E-state index in [0.29, 0.717) is 18.9 Å². The second-order valence-electron chi connectivity index (χ2n) is 15.1. The molecule has 3 unspecified atom stereocenters. The van der Waals surface area contributed by atoms with Gasteiger partial charge in [0.05, 0.1) is 24.0 Å². The predicted molar refractivity (Wildman–Crippen MR) is 142 cm³/mol. The van der Waals surface area contributed by atoms with Crippen molar-refractivity contribution < 1.29 is 19.4 Å². The fourth-order valence-corrected chi connectivity index (χ4v) is 10.7. The van der Waals surface area contributed by atoms with E-state index in [2.05, 4.69) is 40.7 Å². The molecule has 0 heterocycles. The number of ether oxygens (including phenoxy) is 1. The van der Waals surface area contributed by atoms with Gasteiger partial charge >= 0.3 is 5.97 Å². The van der Waals surface area contributed by atoms with Gasteiger partial charge in [-0.1, -0.05) is 53.2 Å². The van der Waals surface area contributed by atoms with E-state index in [4.69, 9.17) is 4.74 Å². The van der Waals surface area contributed by atoms with Crippen molar-refractivity contribution >= 4 is 11.8 Å². The van der Waals surface area contributed by atoms with Gasteiger partial charge in [-0.3, -0.25) is 9.59 Å². The zero-order valence-electron chi connectivity index (χ0n) is 24.0. The first-order chi connectivity index (χ1) is 16.7. The SMILES string of the molecule is CCOC(=O)[C@]12CCC(C)(C)CC1C1=CCC3[C@@]4(C)CCC(=O)[C@@](C)(CO)C4CC[C@@]3(C)[C@]1(C)CC2. The summed E-state index contributed by atoms with van der Waals surface area (Å²) in [5, 5.41) is 10.4.